The van der Waals surface area contributed by atoms with Crippen LogP contribution in [0.3, 0.4) is 0 Å². The Kier molecular flexibility index (Phi) is 6.97. The molecule has 2 heterocycles. The second kappa shape index (κ2) is 9.83. The fraction of sp³-hybridized carbons (Fsp3) is 0.423. The van der Waals surface area contributed by atoms with Crippen molar-refractivity contribution >= 4 is 22.9 Å². The molecule has 0 aliphatic carbocycles. The van der Waals surface area contributed by atoms with Gasteiger partial charge in [-0.1, -0.05) is 48.8 Å². The molecule has 1 atom stereocenters. The number of fused-ring (bicyclic) bond motifs is 1. The Morgan fingerprint density at radius 1 is 1.08 bits per heavy atom. The molecule has 3 amide bonds. The van der Waals surface area contributed by atoms with Gasteiger partial charge >= 0.3 is 12.2 Å². The number of halogens is 3. The van der Waals surface area contributed by atoms with Crippen LogP contribution >= 0.6 is 0 Å². The number of aromatic nitrogens is 1. The molecule has 2 aromatic carbocycles. The molecule has 0 N–H and O–H groups in total. The van der Waals surface area contributed by atoms with Crippen LogP contribution in [-0.2, 0) is 22.9 Å². The van der Waals surface area contributed by atoms with E-state index in [0.717, 1.165) is 5.56 Å². The van der Waals surface area contributed by atoms with Crippen LogP contribution in [0.4, 0.5) is 18.0 Å². The van der Waals surface area contributed by atoms with Gasteiger partial charge in [-0.2, -0.15) is 13.2 Å². The number of unbranched alkanes of at least 4 members (excludes halogenated alkanes) is 1. The number of likely N-dealkylation sites (N-methyl/N-ethyl adjacent to an activating group) is 1. The molecule has 0 spiro atoms. The molecule has 1 fully saturated rings. The van der Waals surface area contributed by atoms with Crippen molar-refractivity contribution in [1.82, 2.24) is 15.0 Å². The third-order valence-electron chi connectivity index (χ3n) is 6.69. The minimum absolute atomic E-state index is 0.0816. The molecule has 10 heteroatoms. The maximum absolute atomic E-state index is 13.2. The van der Waals surface area contributed by atoms with E-state index in [-0.39, 0.29) is 36.1 Å². The number of carbonyl (C=O) groups is 2. The van der Waals surface area contributed by atoms with Crippen molar-refractivity contribution in [3.05, 3.63) is 59.3 Å². The van der Waals surface area contributed by atoms with Gasteiger partial charge in [-0.25, -0.2) is 4.79 Å². The number of urea groups is 1. The molecule has 192 valence electrons. The first-order valence-corrected chi connectivity index (χ1v) is 11.9. The molecular formula is C26H28F3N3O4. The van der Waals surface area contributed by atoms with Crippen LogP contribution in [0, 0.1) is 0 Å². The van der Waals surface area contributed by atoms with Crippen molar-refractivity contribution in [2.75, 3.05) is 20.2 Å². The average Bonchev–Trinajstić information content (AvgIpc) is 3.37. The van der Waals surface area contributed by atoms with Crippen LogP contribution in [0.2, 0.25) is 0 Å². The van der Waals surface area contributed by atoms with Crippen LogP contribution in [0.15, 0.2) is 47.0 Å². The molecule has 4 rings (SSSR count). The topological polar surface area (TPSA) is 75.9 Å². The van der Waals surface area contributed by atoms with Gasteiger partial charge in [0.05, 0.1) is 12.0 Å². The number of aryl methyl sites for hydroxylation is 1. The first-order chi connectivity index (χ1) is 17.1. The van der Waals surface area contributed by atoms with E-state index in [4.69, 9.17) is 9.26 Å². The molecule has 1 aliphatic rings. The Balaban J connectivity index is 1.39. The summed E-state index contributed by atoms with van der Waals surface area (Å²) in [7, 11) is 1.62. The number of imide groups is 1. The van der Waals surface area contributed by atoms with E-state index in [9.17, 15) is 22.8 Å². The molecule has 0 radical (unpaired) electrons. The van der Waals surface area contributed by atoms with Crippen molar-refractivity contribution in [2.45, 2.75) is 51.2 Å². The standard InChI is InChI=1S/C26H28F3N3O4/c1-4-10-18-20(14-13-19-21(18)36-30-22(19)26(27,28)29)35-16-9-8-15-32-23(33)25(2,31(3)24(32)34)17-11-6-5-7-12-17/h5-7,11-14H,4,8-10,15-16H2,1-3H3. The summed E-state index contributed by atoms with van der Waals surface area (Å²) in [5.74, 6) is 0.169. The number of carbonyl (C=O) groups excluding carboxylic acids is 2. The lowest BCUT2D eigenvalue weighted by Gasteiger charge is -2.28. The summed E-state index contributed by atoms with van der Waals surface area (Å²) in [5, 5.41) is 3.14. The van der Waals surface area contributed by atoms with E-state index in [2.05, 4.69) is 5.16 Å². The van der Waals surface area contributed by atoms with Crippen molar-refractivity contribution in [3.8, 4) is 5.75 Å². The summed E-state index contributed by atoms with van der Waals surface area (Å²) in [6.45, 7) is 4.16. The van der Waals surface area contributed by atoms with Crippen molar-refractivity contribution in [1.29, 1.82) is 0 Å². The Morgan fingerprint density at radius 2 is 1.81 bits per heavy atom. The van der Waals surface area contributed by atoms with E-state index in [1.54, 1.807) is 14.0 Å². The second-order valence-electron chi connectivity index (χ2n) is 8.99. The van der Waals surface area contributed by atoms with Crippen LogP contribution in [0.25, 0.3) is 11.0 Å². The van der Waals surface area contributed by atoms with Gasteiger partial charge in [-0.15, -0.1) is 0 Å². The van der Waals surface area contributed by atoms with Crippen LogP contribution in [0.5, 0.6) is 5.75 Å². The highest BCUT2D eigenvalue weighted by Gasteiger charge is 2.53. The number of benzene rings is 2. The third-order valence-corrected chi connectivity index (χ3v) is 6.69. The molecule has 0 bridgehead atoms. The zero-order valence-electron chi connectivity index (χ0n) is 20.4. The normalized spacial score (nSPS) is 18.5. The molecule has 1 aromatic heterocycles. The number of hydrogen-bond donors (Lipinski definition) is 0. The summed E-state index contributed by atoms with van der Waals surface area (Å²) in [4.78, 5) is 28.7. The van der Waals surface area contributed by atoms with Gasteiger partial charge in [0, 0.05) is 19.2 Å². The van der Waals surface area contributed by atoms with E-state index in [1.807, 2.05) is 37.3 Å². The summed E-state index contributed by atoms with van der Waals surface area (Å²) in [6, 6.07) is 11.6. The lowest BCUT2D eigenvalue weighted by Crippen LogP contribution is -2.42. The monoisotopic (exact) mass is 503 g/mol. The minimum Gasteiger partial charge on any atom is -0.493 e. The number of nitrogens with zero attached hydrogens (tertiary/aromatic N) is 3. The molecule has 1 unspecified atom stereocenters. The highest BCUT2D eigenvalue weighted by molar-refractivity contribution is 6.07. The molecule has 36 heavy (non-hydrogen) atoms. The fourth-order valence-corrected chi connectivity index (χ4v) is 4.56. The van der Waals surface area contributed by atoms with Gasteiger partial charge in [-0.05, 0) is 43.9 Å². The van der Waals surface area contributed by atoms with Crippen LogP contribution in [0.1, 0.15) is 49.9 Å². The zero-order valence-corrected chi connectivity index (χ0v) is 20.4. The van der Waals surface area contributed by atoms with Gasteiger partial charge in [0.1, 0.15) is 11.3 Å². The number of rotatable bonds is 9. The number of amides is 3. The fourth-order valence-electron chi connectivity index (χ4n) is 4.56. The second-order valence-corrected chi connectivity index (χ2v) is 8.99. The van der Waals surface area contributed by atoms with E-state index in [0.29, 0.717) is 37.0 Å². The van der Waals surface area contributed by atoms with E-state index < -0.39 is 17.4 Å². The lowest BCUT2D eigenvalue weighted by molar-refractivity contribution is -0.141. The quantitative estimate of drug-likeness (QED) is 0.274. The maximum atomic E-state index is 13.2. The van der Waals surface area contributed by atoms with E-state index in [1.165, 1.54) is 21.9 Å². The molecule has 1 aliphatic heterocycles. The smallest absolute Gasteiger partial charge is 0.437 e. The maximum Gasteiger partial charge on any atom is 0.437 e. The van der Waals surface area contributed by atoms with Crippen LogP contribution < -0.4 is 4.74 Å². The third kappa shape index (κ3) is 4.40. The number of hydrogen-bond acceptors (Lipinski definition) is 5. The summed E-state index contributed by atoms with van der Waals surface area (Å²) in [5.41, 5.74) is -0.738. The van der Waals surface area contributed by atoms with Gasteiger partial charge < -0.3 is 14.2 Å². The number of alkyl halides is 3. The molecule has 3 aromatic rings. The molecule has 7 nitrogen and oxygen atoms in total. The average molecular weight is 504 g/mol. The molecule has 1 saturated heterocycles. The molecule has 0 saturated carbocycles. The van der Waals surface area contributed by atoms with Gasteiger partial charge in [0.15, 0.2) is 11.3 Å². The summed E-state index contributed by atoms with van der Waals surface area (Å²) < 4.78 is 50.5. The largest absolute Gasteiger partial charge is 0.493 e. The Bertz CT molecular complexity index is 1260. The first kappa shape index (κ1) is 25.5. The van der Waals surface area contributed by atoms with Crippen molar-refractivity contribution in [3.63, 3.8) is 0 Å². The zero-order chi connectivity index (χ0) is 26.1. The molecular weight excluding hydrogens is 475 g/mol. The van der Waals surface area contributed by atoms with Gasteiger partial charge in [0.25, 0.3) is 5.91 Å². The lowest BCUT2D eigenvalue weighted by atomic mass is 9.91. The Morgan fingerprint density at radius 3 is 2.47 bits per heavy atom. The minimum atomic E-state index is -4.60. The Labute approximate surface area is 206 Å². The van der Waals surface area contributed by atoms with Crippen molar-refractivity contribution < 1.29 is 32.0 Å². The predicted molar refractivity (Wildman–Crippen MR) is 126 cm³/mol. The highest BCUT2D eigenvalue weighted by atomic mass is 19.4. The first-order valence-electron chi connectivity index (χ1n) is 11.9. The van der Waals surface area contributed by atoms with Crippen molar-refractivity contribution in [2.24, 2.45) is 0 Å². The number of ether oxygens (including phenoxy) is 1. The highest BCUT2D eigenvalue weighted by Crippen LogP contribution is 2.38. The summed E-state index contributed by atoms with van der Waals surface area (Å²) >= 11 is 0. The Hall–Kier alpha value is -3.56. The SMILES string of the molecule is CCCc1c(OCCCCN2C(=O)N(C)C(C)(c3ccccc3)C2=O)ccc2c(C(F)(F)F)noc12. The van der Waals surface area contributed by atoms with Gasteiger partial charge in [0.2, 0.25) is 0 Å². The van der Waals surface area contributed by atoms with Crippen LogP contribution in [-0.4, -0.2) is 47.1 Å². The predicted octanol–water partition coefficient (Wildman–Crippen LogP) is 5.77. The van der Waals surface area contributed by atoms with Gasteiger partial charge in [-0.3, -0.25) is 9.69 Å². The van der Waals surface area contributed by atoms with E-state index >= 15 is 0 Å². The summed E-state index contributed by atoms with van der Waals surface area (Å²) in [6.07, 6.45) is -2.39.